The van der Waals surface area contributed by atoms with Crippen molar-refractivity contribution in [2.24, 2.45) is 5.41 Å². The van der Waals surface area contributed by atoms with Crippen LogP contribution in [-0.2, 0) is 17.9 Å². The van der Waals surface area contributed by atoms with Crippen LogP contribution in [0.3, 0.4) is 0 Å². The van der Waals surface area contributed by atoms with Crippen LogP contribution in [0.2, 0.25) is 0 Å². The third-order valence-corrected chi connectivity index (χ3v) is 5.64. The lowest BCUT2D eigenvalue weighted by molar-refractivity contribution is -0.140. The number of hydrogen-bond donors (Lipinski definition) is 0. The molecule has 6 heteroatoms. The first kappa shape index (κ1) is 17.2. The molecule has 1 amide bonds. The molecule has 2 fully saturated rings. The van der Waals surface area contributed by atoms with E-state index in [0.29, 0.717) is 18.9 Å². The predicted molar refractivity (Wildman–Crippen MR) is 97.1 cm³/mol. The minimum absolute atomic E-state index is 0.194. The summed E-state index contributed by atoms with van der Waals surface area (Å²) in [7, 11) is 0. The zero-order chi connectivity index (χ0) is 18.0. The van der Waals surface area contributed by atoms with Gasteiger partial charge >= 0.3 is 0 Å². The summed E-state index contributed by atoms with van der Waals surface area (Å²) in [5.74, 6) is 1.65. The number of hydrogen-bond acceptors (Lipinski definition) is 5. The molecule has 2 aliphatic heterocycles. The Bertz CT molecular complexity index is 760. The van der Waals surface area contributed by atoms with Crippen LogP contribution in [0.15, 0.2) is 34.9 Å². The largest absolute Gasteiger partial charge is 0.340 e. The van der Waals surface area contributed by atoms with Gasteiger partial charge < -0.3 is 9.42 Å². The average molecular weight is 354 g/mol. The van der Waals surface area contributed by atoms with Crippen molar-refractivity contribution < 1.29 is 9.32 Å². The van der Waals surface area contributed by atoms with Crippen molar-refractivity contribution in [1.82, 2.24) is 19.9 Å². The number of aromatic nitrogens is 2. The fourth-order valence-corrected chi connectivity index (χ4v) is 4.43. The quantitative estimate of drug-likeness (QED) is 0.845. The van der Waals surface area contributed by atoms with Crippen molar-refractivity contribution in [2.45, 2.75) is 45.7 Å². The van der Waals surface area contributed by atoms with E-state index in [4.69, 9.17) is 4.52 Å². The molecule has 6 nitrogen and oxygen atoms in total. The topological polar surface area (TPSA) is 62.5 Å². The minimum atomic E-state index is 0.194. The fourth-order valence-electron chi connectivity index (χ4n) is 4.43. The molecule has 0 radical (unpaired) electrons. The second kappa shape index (κ2) is 7.19. The Hall–Kier alpha value is -2.21. The van der Waals surface area contributed by atoms with Gasteiger partial charge in [-0.1, -0.05) is 35.5 Å². The Morgan fingerprint density at radius 1 is 1.15 bits per heavy atom. The maximum absolute atomic E-state index is 12.5. The molecule has 1 spiro atoms. The van der Waals surface area contributed by atoms with Crippen LogP contribution in [0.4, 0.5) is 0 Å². The van der Waals surface area contributed by atoms with Crippen molar-refractivity contribution in [3.8, 4) is 0 Å². The van der Waals surface area contributed by atoms with Crippen molar-refractivity contribution >= 4 is 5.91 Å². The lowest BCUT2D eigenvalue weighted by atomic mass is 9.73. The SMILES string of the molecule is Cc1nc(CN2CCCC3(CCC(=O)N(Cc4ccccc4)C3)C2)no1. The summed E-state index contributed by atoms with van der Waals surface area (Å²) in [5.41, 5.74) is 1.40. The van der Waals surface area contributed by atoms with E-state index in [1.165, 1.54) is 12.0 Å². The summed E-state index contributed by atoms with van der Waals surface area (Å²) in [5, 5.41) is 4.03. The van der Waals surface area contributed by atoms with Gasteiger partial charge in [0.05, 0.1) is 6.54 Å². The van der Waals surface area contributed by atoms with Gasteiger partial charge in [-0.15, -0.1) is 0 Å². The normalized spacial score (nSPS) is 24.3. The first-order valence-corrected chi connectivity index (χ1v) is 9.45. The van der Waals surface area contributed by atoms with E-state index < -0.39 is 0 Å². The summed E-state index contributed by atoms with van der Waals surface area (Å²) >= 11 is 0. The number of amides is 1. The Morgan fingerprint density at radius 2 is 2.00 bits per heavy atom. The number of aryl methyl sites for hydroxylation is 1. The second-order valence-corrected chi connectivity index (χ2v) is 7.78. The second-order valence-electron chi connectivity index (χ2n) is 7.78. The average Bonchev–Trinajstić information content (AvgIpc) is 3.04. The number of piperidine rings is 2. The number of likely N-dealkylation sites (tertiary alicyclic amines) is 2. The molecule has 0 N–H and O–H groups in total. The van der Waals surface area contributed by atoms with E-state index in [1.807, 2.05) is 25.1 Å². The van der Waals surface area contributed by atoms with Crippen LogP contribution in [0.5, 0.6) is 0 Å². The van der Waals surface area contributed by atoms with E-state index in [-0.39, 0.29) is 11.3 Å². The molecule has 138 valence electrons. The van der Waals surface area contributed by atoms with E-state index in [1.54, 1.807) is 0 Å². The molecule has 4 rings (SSSR count). The highest BCUT2D eigenvalue weighted by molar-refractivity contribution is 5.77. The highest BCUT2D eigenvalue weighted by Gasteiger charge is 2.41. The molecular weight excluding hydrogens is 328 g/mol. The summed E-state index contributed by atoms with van der Waals surface area (Å²) < 4.78 is 5.10. The molecule has 3 heterocycles. The highest BCUT2D eigenvalue weighted by atomic mass is 16.5. The molecule has 1 unspecified atom stereocenters. The monoisotopic (exact) mass is 354 g/mol. The highest BCUT2D eigenvalue weighted by Crippen LogP contribution is 2.39. The molecule has 2 saturated heterocycles. The number of nitrogens with zero attached hydrogens (tertiary/aromatic N) is 4. The van der Waals surface area contributed by atoms with Gasteiger partial charge in [0.25, 0.3) is 0 Å². The summed E-state index contributed by atoms with van der Waals surface area (Å²) in [4.78, 5) is 21.3. The minimum Gasteiger partial charge on any atom is -0.340 e. The molecule has 2 aliphatic rings. The van der Waals surface area contributed by atoms with Gasteiger partial charge in [0.2, 0.25) is 11.8 Å². The molecule has 2 aromatic rings. The molecule has 1 aromatic heterocycles. The predicted octanol–water partition coefficient (Wildman–Crippen LogP) is 2.78. The van der Waals surface area contributed by atoms with Crippen LogP contribution in [0, 0.1) is 12.3 Å². The van der Waals surface area contributed by atoms with Gasteiger partial charge in [0.1, 0.15) is 0 Å². The van der Waals surface area contributed by atoms with Gasteiger partial charge in [-0.25, -0.2) is 0 Å². The van der Waals surface area contributed by atoms with E-state index in [2.05, 4.69) is 32.1 Å². The lowest BCUT2D eigenvalue weighted by Gasteiger charge is -2.48. The summed E-state index contributed by atoms with van der Waals surface area (Å²) in [6.45, 7) is 6.17. The molecule has 0 bridgehead atoms. The number of rotatable bonds is 4. The maximum atomic E-state index is 12.5. The molecule has 26 heavy (non-hydrogen) atoms. The Labute approximate surface area is 154 Å². The van der Waals surface area contributed by atoms with Gasteiger partial charge in [-0.3, -0.25) is 9.69 Å². The third-order valence-electron chi connectivity index (χ3n) is 5.64. The summed E-state index contributed by atoms with van der Waals surface area (Å²) in [6, 6.07) is 10.3. The fraction of sp³-hybridized carbons (Fsp3) is 0.550. The smallest absolute Gasteiger partial charge is 0.223 e. The van der Waals surface area contributed by atoms with Crippen LogP contribution in [0.25, 0.3) is 0 Å². The summed E-state index contributed by atoms with van der Waals surface area (Å²) in [6.07, 6.45) is 3.98. The molecule has 0 saturated carbocycles. The van der Waals surface area contributed by atoms with Crippen LogP contribution in [-0.4, -0.2) is 45.5 Å². The van der Waals surface area contributed by atoms with Crippen LogP contribution < -0.4 is 0 Å². The van der Waals surface area contributed by atoms with Crippen molar-refractivity contribution in [2.75, 3.05) is 19.6 Å². The molecular formula is C20H26N4O2. The van der Waals surface area contributed by atoms with Gasteiger partial charge in [0.15, 0.2) is 5.82 Å². The maximum Gasteiger partial charge on any atom is 0.223 e. The van der Waals surface area contributed by atoms with E-state index in [9.17, 15) is 4.79 Å². The number of benzene rings is 1. The van der Waals surface area contributed by atoms with E-state index >= 15 is 0 Å². The van der Waals surface area contributed by atoms with Gasteiger partial charge in [-0.2, -0.15) is 4.98 Å². The zero-order valence-corrected chi connectivity index (χ0v) is 15.4. The Kier molecular flexibility index (Phi) is 4.76. The first-order valence-electron chi connectivity index (χ1n) is 9.45. The Morgan fingerprint density at radius 3 is 2.77 bits per heavy atom. The van der Waals surface area contributed by atoms with Gasteiger partial charge in [0, 0.05) is 38.4 Å². The standard InChI is InChI=1S/C20H26N4O2/c1-16-21-18(22-26-16)13-23-11-5-9-20(14-23)10-8-19(25)24(15-20)12-17-6-3-2-4-7-17/h2-4,6-7H,5,8-15H2,1H3. The van der Waals surface area contributed by atoms with Gasteiger partial charge in [-0.05, 0) is 31.4 Å². The van der Waals surface area contributed by atoms with Crippen LogP contribution >= 0.6 is 0 Å². The van der Waals surface area contributed by atoms with Crippen molar-refractivity contribution in [3.63, 3.8) is 0 Å². The van der Waals surface area contributed by atoms with Crippen molar-refractivity contribution in [3.05, 3.63) is 47.6 Å². The molecule has 1 atom stereocenters. The van der Waals surface area contributed by atoms with Crippen molar-refractivity contribution in [1.29, 1.82) is 0 Å². The number of carbonyl (C=O) groups excluding carboxylic acids is 1. The zero-order valence-electron chi connectivity index (χ0n) is 15.4. The third kappa shape index (κ3) is 3.80. The Balaban J connectivity index is 1.43. The number of carbonyl (C=O) groups is 1. The first-order chi connectivity index (χ1) is 12.6. The molecule has 0 aliphatic carbocycles. The van der Waals surface area contributed by atoms with Crippen LogP contribution in [0.1, 0.15) is 43.0 Å². The lowest BCUT2D eigenvalue weighted by Crippen LogP contribution is -2.53. The molecule has 1 aromatic carbocycles. The van der Waals surface area contributed by atoms with E-state index in [0.717, 1.165) is 44.8 Å².